The Bertz CT molecular complexity index is 129. The quantitative estimate of drug-likeness (QED) is 0.378. The number of aliphatic hydroxyl groups is 2. The van der Waals surface area contributed by atoms with Crippen LogP contribution in [-0.2, 0) is 26.5 Å². The minimum absolute atomic E-state index is 0. The summed E-state index contributed by atoms with van der Waals surface area (Å²) >= 11 is 0. The van der Waals surface area contributed by atoms with Crippen molar-refractivity contribution in [2.75, 3.05) is 13.2 Å². The molecule has 0 heterocycles. The maximum absolute atomic E-state index is 9.98. The van der Waals surface area contributed by atoms with E-state index in [4.69, 9.17) is 10.2 Å². The number of ketones is 1. The number of aliphatic hydroxyl groups excluding tert-OH is 2. The Morgan fingerprint density at radius 3 is 1.43 bits per heavy atom. The smallest absolute Gasteiger partial charge is 0.151 e. The minimum atomic E-state index is -0.187. The molecule has 0 radical (unpaired) electrons. The van der Waals surface area contributed by atoms with Crippen LogP contribution < -0.4 is 5.11 Å². The molecule has 0 aromatic heterocycles. The molecule has 0 spiro atoms. The molecular formula is C9H19O4Ti-. The summed E-state index contributed by atoms with van der Waals surface area (Å²) in [6, 6.07) is 0. The van der Waals surface area contributed by atoms with Gasteiger partial charge in [0.15, 0.2) is 5.78 Å². The van der Waals surface area contributed by atoms with E-state index in [0.29, 0.717) is 0 Å². The zero-order valence-electron chi connectivity index (χ0n) is 9.20. The first-order chi connectivity index (χ1) is 5.95. The summed E-state index contributed by atoms with van der Waals surface area (Å²) in [6.07, 6.45) is 1.06. The summed E-state index contributed by atoms with van der Waals surface area (Å²) in [7, 11) is 0. The van der Waals surface area contributed by atoms with Crippen LogP contribution in [0.1, 0.15) is 27.7 Å². The van der Waals surface area contributed by atoms with Crippen LogP contribution in [0, 0.1) is 0 Å². The van der Waals surface area contributed by atoms with Crippen molar-refractivity contribution in [3.63, 3.8) is 0 Å². The van der Waals surface area contributed by atoms with Crippen molar-refractivity contribution in [1.82, 2.24) is 0 Å². The Balaban J connectivity index is -0.0000000610. The van der Waals surface area contributed by atoms with E-state index in [1.165, 1.54) is 13.8 Å². The van der Waals surface area contributed by atoms with Gasteiger partial charge in [-0.2, -0.15) is 0 Å². The average molecular weight is 239 g/mol. The molecule has 0 amide bonds. The Morgan fingerprint density at radius 1 is 1.21 bits per heavy atom. The molecule has 0 aliphatic heterocycles. The number of rotatable bonds is 1. The number of hydrogen-bond donors (Lipinski definition) is 2. The standard InChI is InChI=1S/C5H8O2.2C2H6O.Ti/c1-4(6)3-5(2)7;2*1-2-3;/h3,6H,1-2H3;2*3H,2H2,1H3;/p-1/b4-3-;;;. The zero-order chi connectivity index (χ0) is 11.3. The summed E-state index contributed by atoms with van der Waals surface area (Å²) in [5.74, 6) is -0.375. The second-order valence-corrected chi connectivity index (χ2v) is 2.00. The van der Waals surface area contributed by atoms with Crippen molar-refractivity contribution in [2.24, 2.45) is 0 Å². The van der Waals surface area contributed by atoms with Gasteiger partial charge in [-0.3, -0.25) is 4.79 Å². The molecule has 84 valence electrons. The topological polar surface area (TPSA) is 80.6 Å². The molecule has 0 aromatic rings. The van der Waals surface area contributed by atoms with Gasteiger partial charge in [0, 0.05) is 34.9 Å². The van der Waals surface area contributed by atoms with Crippen LogP contribution in [0.3, 0.4) is 0 Å². The molecule has 14 heavy (non-hydrogen) atoms. The zero-order valence-corrected chi connectivity index (χ0v) is 10.8. The molecule has 0 aliphatic carbocycles. The fourth-order valence-electron chi connectivity index (χ4n) is 0.286. The molecule has 0 atom stereocenters. The first-order valence-corrected chi connectivity index (χ1v) is 4.03. The van der Waals surface area contributed by atoms with Gasteiger partial charge in [-0.15, -0.1) is 5.76 Å². The largest absolute Gasteiger partial charge is 0.876 e. The third kappa shape index (κ3) is 94.2. The molecule has 5 heteroatoms. The third-order valence-electron chi connectivity index (χ3n) is 0.407. The van der Waals surface area contributed by atoms with Crippen LogP contribution >= 0.6 is 0 Å². The molecule has 0 rings (SSSR count). The van der Waals surface area contributed by atoms with Crippen LogP contribution in [-0.4, -0.2) is 29.2 Å². The van der Waals surface area contributed by atoms with E-state index in [0.717, 1.165) is 6.08 Å². The molecule has 0 unspecified atom stereocenters. The van der Waals surface area contributed by atoms with Gasteiger partial charge in [0.05, 0.1) is 0 Å². The van der Waals surface area contributed by atoms with E-state index in [2.05, 4.69) is 0 Å². The maximum Gasteiger partial charge on any atom is 0.151 e. The Kier molecular flexibility index (Phi) is 38.8. The summed E-state index contributed by atoms with van der Waals surface area (Å²) in [5, 5.41) is 25.1. The molecule has 0 bridgehead atoms. The van der Waals surface area contributed by atoms with Crippen LogP contribution in [0.15, 0.2) is 11.8 Å². The predicted molar refractivity (Wildman–Crippen MR) is 50.0 cm³/mol. The summed E-state index contributed by atoms with van der Waals surface area (Å²) < 4.78 is 0. The van der Waals surface area contributed by atoms with Crippen molar-refractivity contribution >= 4 is 5.78 Å². The third-order valence-corrected chi connectivity index (χ3v) is 0.407. The van der Waals surface area contributed by atoms with Gasteiger partial charge in [-0.25, -0.2) is 0 Å². The number of hydrogen-bond acceptors (Lipinski definition) is 4. The van der Waals surface area contributed by atoms with E-state index in [9.17, 15) is 9.90 Å². The summed E-state index contributed by atoms with van der Waals surface area (Å²) in [4.78, 5) is 9.98. The van der Waals surface area contributed by atoms with Crippen LogP contribution in [0.2, 0.25) is 0 Å². The molecule has 0 saturated carbocycles. The Hall–Kier alpha value is -0.156. The van der Waals surface area contributed by atoms with Gasteiger partial charge in [0.25, 0.3) is 0 Å². The number of carbonyl (C=O) groups is 1. The van der Waals surface area contributed by atoms with Gasteiger partial charge in [-0.05, 0) is 26.8 Å². The molecule has 0 aliphatic rings. The van der Waals surface area contributed by atoms with Gasteiger partial charge in [0.2, 0.25) is 0 Å². The number of carbonyl (C=O) groups excluding carboxylic acids is 1. The second kappa shape index (κ2) is 23.0. The first kappa shape index (κ1) is 23.6. The van der Waals surface area contributed by atoms with Crippen molar-refractivity contribution in [3.8, 4) is 0 Å². The SMILES string of the molecule is CC(=O)/C=C(/C)[O-].CCO.CCO.[Ti]. The Labute approximate surface area is 101 Å². The second-order valence-electron chi connectivity index (χ2n) is 2.00. The maximum atomic E-state index is 9.98. The number of allylic oxidation sites excluding steroid dienone is 2. The van der Waals surface area contributed by atoms with E-state index < -0.39 is 0 Å². The van der Waals surface area contributed by atoms with Gasteiger partial charge < -0.3 is 15.3 Å². The van der Waals surface area contributed by atoms with Gasteiger partial charge in [0.1, 0.15) is 0 Å². The predicted octanol–water partition coefficient (Wildman–Crippen LogP) is -0.166. The van der Waals surface area contributed by atoms with Crippen molar-refractivity contribution in [3.05, 3.63) is 11.8 Å². The van der Waals surface area contributed by atoms with Crippen molar-refractivity contribution < 1.29 is 41.8 Å². The molecule has 0 saturated heterocycles. The Morgan fingerprint density at radius 2 is 1.43 bits per heavy atom. The van der Waals surface area contributed by atoms with Gasteiger partial charge in [-0.1, -0.05) is 6.92 Å². The molecule has 0 aromatic carbocycles. The fourth-order valence-corrected chi connectivity index (χ4v) is 0.286. The first-order valence-electron chi connectivity index (χ1n) is 4.03. The summed E-state index contributed by atoms with van der Waals surface area (Å²) in [5.41, 5.74) is 0. The summed E-state index contributed by atoms with van der Waals surface area (Å²) in [6.45, 7) is 6.56. The van der Waals surface area contributed by atoms with Gasteiger partial charge >= 0.3 is 0 Å². The molecule has 4 nitrogen and oxygen atoms in total. The van der Waals surface area contributed by atoms with Crippen LogP contribution in [0.25, 0.3) is 0 Å². The molecule has 0 fully saturated rings. The van der Waals surface area contributed by atoms with E-state index in [1.54, 1.807) is 13.8 Å². The molecule has 2 N–H and O–H groups in total. The van der Waals surface area contributed by atoms with E-state index in [-0.39, 0.29) is 46.5 Å². The fraction of sp³-hybridized carbons (Fsp3) is 0.667. The minimum Gasteiger partial charge on any atom is -0.876 e. The monoisotopic (exact) mass is 239 g/mol. The van der Waals surface area contributed by atoms with Crippen molar-refractivity contribution in [2.45, 2.75) is 27.7 Å². The van der Waals surface area contributed by atoms with E-state index >= 15 is 0 Å². The molecular weight excluding hydrogens is 220 g/mol. The van der Waals surface area contributed by atoms with Crippen molar-refractivity contribution in [1.29, 1.82) is 0 Å². The normalized spacial score (nSPS) is 8.29. The van der Waals surface area contributed by atoms with E-state index in [1.807, 2.05) is 0 Å². The van der Waals surface area contributed by atoms with Crippen LogP contribution in [0.5, 0.6) is 0 Å². The average Bonchev–Trinajstić information content (AvgIpc) is 1.86. The van der Waals surface area contributed by atoms with Crippen LogP contribution in [0.4, 0.5) is 0 Å².